The molecule has 5 rings (SSSR count). The molecule has 0 aromatic heterocycles. The van der Waals surface area contributed by atoms with E-state index in [0.717, 1.165) is 45.1 Å². The van der Waals surface area contributed by atoms with Crippen molar-refractivity contribution in [3.8, 4) is 0 Å². The van der Waals surface area contributed by atoms with Crippen molar-refractivity contribution in [3.63, 3.8) is 0 Å². The molecular weight excluding hydrogens is 342 g/mol. The van der Waals surface area contributed by atoms with Gasteiger partial charge in [0.25, 0.3) is 0 Å². The quantitative estimate of drug-likeness (QED) is 0.799. The van der Waals surface area contributed by atoms with Crippen LogP contribution in [-0.2, 0) is 9.53 Å². The number of amides is 2. The smallest absolute Gasteiger partial charge is 0.409 e. The van der Waals surface area contributed by atoms with Crippen LogP contribution in [0, 0.1) is 29.1 Å². The first kappa shape index (κ1) is 17.8. The third kappa shape index (κ3) is 3.14. The molecule has 27 heavy (non-hydrogen) atoms. The van der Waals surface area contributed by atoms with E-state index < -0.39 is 0 Å². The number of fused-ring (bicyclic) bond motifs is 1. The maximum atomic E-state index is 12.4. The first-order valence-electron chi connectivity index (χ1n) is 11.0. The molecule has 2 amide bonds. The highest BCUT2D eigenvalue weighted by Gasteiger charge is 2.62. The molecule has 0 aromatic carbocycles. The van der Waals surface area contributed by atoms with Gasteiger partial charge >= 0.3 is 6.09 Å². The second kappa shape index (κ2) is 6.64. The minimum atomic E-state index is -0.143. The zero-order chi connectivity index (χ0) is 18.6. The maximum Gasteiger partial charge on any atom is 0.409 e. The fourth-order valence-electron chi connectivity index (χ4n) is 6.14. The Morgan fingerprint density at radius 3 is 2.56 bits per heavy atom. The summed E-state index contributed by atoms with van der Waals surface area (Å²) in [6.45, 7) is 7.15. The lowest BCUT2D eigenvalue weighted by Gasteiger charge is -2.49. The van der Waals surface area contributed by atoms with E-state index in [0.29, 0.717) is 41.7 Å². The molecule has 2 heterocycles. The lowest BCUT2D eigenvalue weighted by atomic mass is 9.64. The summed E-state index contributed by atoms with van der Waals surface area (Å²) in [5, 5.41) is 3.21. The van der Waals surface area contributed by atoms with Gasteiger partial charge in [-0.1, -0.05) is 6.42 Å². The van der Waals surface area contributed by atoms with Gasteiger partial charge in [-0.25, -0.2) is 4.79 Å². The van der Waals surface area contributed by atoms with E-state index in [2.05, 4.69) is 10.2 Å². The van der Waals surface area contributed by atoms with Crippen LogP contribution in [0.4, 0.5) is 4.79 Å². The first-order valence-corrected chi connectivity index (χ1v) is 11.0. The number of ether oxygens (including phenoxy) is 1. The van der Waals surface area contributed by atoms with Crippen LogP contribution < -0.4 is 5.32 Å². The molecule has 0 aromatic rings. The Bertz CT molecular complexity index is 602. The SMILES string of the molecule is CCOC(=O)N1CCC2(CC(N3C[C@@H]4[C@H](C3)[C@@H]4C(=O)NCC3CCC3)C2)C1. The van der Waals surface area contributed by atoms with Crippen LogP contribution in [0.5, 0.6) is 0 Å². The largest absolute Gasteiger partial charge is 0.450 e. The molecular formula is C21H33N3O3. The molecule has 5 aliphatic rings. The lowest BCUT2D eigenvalue weighted by Crippen LogP contribution is -2.52. The summed E-state index contributed by atoms with van der Waals surface area (Å²) < 4.78 is 5.15. The highest BCUT2D eigenvalue weighted by Crippen LogP contribution is 2.57. The maximum absolute atomic E-state index is 12.4. The van der Waals surface area contributed by atoms with Gasteiger partial charge < -0.3 is 15.0 Å². The summed E-state index contributed by atoms with van der Waals surface area (Å²) in [6, 6.07) is 0.665. The fourth-order valence-corrected chi connectivity index (χ4v) is 6.14. The van der Waals surface area contributed by atoms with Crippen LogP contribution in [0.1, 0.15) is 45.4 Å². The summed E-state index contributed by atoms with van der Waals surface area (Å²) in [7, 11) is 0. The number of rotatable bonds is 5. The molecule has 150 valence electrons. The standard InChI is InChI=1S/C21H33N3O3/c1-2-27-20(26)23-7-6-21(13-23)8-15(9-21)24-11-16-17(12-24)18(16)19(25)22-10-14-4-3-5-14/h14-18H,2-13H2,1H3,(H,22,25)/t15?,16-,17+,18-,21?. The van der Waals surface area contributed by atoms with Crippen LogP contribution in [0.15, 0.2) is 0 Å². The van der Waals surface area contributed by atoms with Crippen molar-refractivity contribution < 1.29 is 14.3 Å². The van der Waals surface area contributed by atoms with Gasteiger partial charge in [0.2, 0.25) is 5.91 Å². The van der Waals surface area contributed by atoms with E-state index in [1.54, 1.807) is 0 Å². The summed E-state index contributed by atoms with van der Waals surface area (Å²) in [4.78, 5) is 28.9. The molecule has 0 bridgehead atoms. The molecule has 5 fully saturated rings. The van der Waals surface area contributed by atoms with E-state index in [1.807, 2.05) is 11.8 Å². The second-order valence-corrected chi connectivity index (χ2v) is 9.78. The average Bonchev–Trinajstić information content (AvgIpc) is 2.96. The van der Waals surface area contributed by atoms with E-state index in [4.69, 9.17) is 4.74 Å². The van der Waals surface area contributed by atoms with Crippen LogP contribution >= 0.6 is 0 Å². The van der Waals surface area contributed by atoms with Gasteiger partial charge in [0, 0.05) is 44.7 Å². The number of carbonyl (C=O) groups is 2. The van der Waals surface area contributed by atoms with Crippen LogP contribution in [0.3, 0.4) is 0 Å². The Hall–Kier alpha value is -1.30. The lowest BCUT2D eigenvalue weighted by molar-refractivity contribution is -0.123. The van der Waals surface area contributed by atoms with Crippen LogP contribution in [-0.4, -0.2) is 67.2 Å². The number of likely N-dealkylation sites (tertiary alicyclic amines) is 2. The van der Waals surface area contributed by atoms with Gasteiger partial charge in [0.15, 0.2) is 0 Å². The number of nitrogens with zero attached hydrogens (tertiary/aromatic N) is 2. The predicted molar refractivity (Wildman–Crippen MR) is 101 cm³/mol. The monoisotopic (exact) mass is 375 g/mol. The average molecular weight is 376 g/mol. The van der Waals surface area contributed by atoms with Gasteiger partial charge in [-0.3, -0.25) is 9.69 Å². The third-order valence-corrected chi connectivity index (χ3v) is 8.13. The minimum absolute atomic E-state index is 0.143. The highest BCUT2D eigenvalue weighted by molar-refractivity contribution is 5.82. The van der Waals surface area contributed by atoms with Gasteiger partial charge in [0.05, 0.1) is 6.61 Å². The normalized spacial score (nSPS) is 40.4. The summed E-state index contributed by atoms with van der Waals surface area (Å²) in [6.07, 6.45) is 7.32. The van der Waals surface area contributed by atoms with Crippen molar-refractivity contribution >= 4 is 12.0 Å². The Morgan fingerprint density at radius 2 is 1.93 bits per heavy atom. The molecule has 0 unspecified atom stereocenters. The van der Waals surface area contributed by atoms with E-state index in [1.165, 1.54) is 32.1 Å². The molecule has 0 radical (unpaired) electrons. The molecule has 2 aliphatic heterocycles. The zero-order valence-electron chi connectivity index (χ0n) is 16.5. The molecule has 3 saturated carbocycles. The molecule has 3 aliphatic carbocycles. The Morgan fingerprint density at radius 1 is 1.19 bits per heavy atom. The van der Waals surface area contributed by atoms with E-state index in [-0.39, 0.29) is 6.09 Å². The molecule has 2 saturated heterocycles. The van der Waals surface area contributed by atoms with Gasteiger partial charge in [0.1, 0.15) is 0 Å². The number of hydrogen-bond donors (Lipinski definition) is 1. The fraction of sp³-hybridized carbons (Fsp3) is 0.905. The first-order chi connectivity index (χ1) is 13.1. The number of piperidine rings is 1. The number of nitrogens with one attached hydrogen (secondary N) is 1. The zero-order valence-corrected chi connectivity index (χ0v) is 16.5. The number of hydrogen-bond acceptors (Lipinski definition) is 4. The summed E-state index contributed by atoms with van der Waals surface area (Å²) >= 11 is 0. The summed E-state index contributed by atoms with van der Waals surface area (Å²) in [5.74, 6) is 2.56. The molecule has 1 N–H and O–H groups in total. The van der Waals surface area contributed by atoms with Crippen molar-refractivity contribution in [2.45, 2.75) is 51.5 Å². The molecule has 6 nitrogen and oxygen atoms in total. The minimum Gasteiger partial charge on any atom is -0.450 e. The van der Waals surface area contributed by atoms with Crippen LogP contribution in [0.25, 0.3) is 0 Å². The van der Waals surface area contributed by atoms with Crippen molar-refractivity contribution in [2.24, 2.45) is 29.1 Å². The van der Waals surface area contributed by atoms with Crippen molar-refractivity contribution in [1.29, 1.82) is 0 Å². The third-order valence-electron chi connectivity index (χ3n) is 8.13. The Balaban J connectivity index is 1.04. The highest BCUT2D eigenvalue weighted by atomic mass is 16.6. The van der Waals surface area contributed by atoms with Gasteiger partial charge in [-0.2, -0.15) is 0 Å². The molecule has 6 heteroatoms. The van der Waals surface area contributed by atoms with E-state index in [9.17, 15) is 9.59 Å². The van der Waals surface area contributed by atoms with Crippen molar-refractivity contribution in [3.05, 3.63) is 0 Å². The predicted octanol–water partition coefficient (Wildman–Crippen LogP) is 2.09. The van der Waals surface area contributed by atoms with Crippen LogP contribution in [0.2, 0.25) is 0 Å². The summed E-state index contributed by atoms with van der Waals surface area (Å²) in [5.41, 5.74) is 0.337. The Labute approximate surface area is 162 Å². The molecule has 3 atom stereocenters. The topological polar surface area (TPSA) is 61.9 Å². The van der Waals surface area contributed by atoms with Gasteiger partial charge in [-0.05, 0) is 62.2 Å². The number of carbonyl (C=O) groups excluding carboxylic acids is 2. The van der Waals surface area contributed by atoms with Crippen molar-refractivity contribution in [2.75, 3.05) is 39.3 Å². The van der Waals surface area contributed by atoms with Gasteiger partial charge in [-0.15, -0.1) is 0 Å². The van der Waals surface area contributed by atoms with E-state index >= 15 is 0 Å². The van der Waals surface area contributed by atoms with Crippen molar-refractivity contribution in [1.82, 2.24) is 15.1 Å². The second-order valence-electron chi connectivity index (χ2n) is 9.78. The molecule has 1 spiro atoms. The Kier molecular flexibility index (Phi) is 4.37.